The van der Waals surface area contributed by atoms with Crippen LogP contribution in [0.4, 0.5) is 0 Å². The molecule has 0 aliphatic carbocycles. The number of hydrogen-bond acceptors (Lipinski definition) is 3. The van der Waals surface area contributed by atoms with E-state index in [-0.39, 0.29) is 5.69 Å². The molecule has 1 aliphatic rings. The summed E-state index contributed by atoms with van der Waals surface area (Å²) in [6.07, 6.45) is 5.97. The maximum atomic E-state index is 11.1. The third kappa shape index (κ3) is 2.83. The van der Waals surface area contributed by atoms with Crippen molar-refractivity contribution in [3.05, 3.63) is 53.9 Å². The minimum atomic E-state index is -0.978. The van der Waals surface area contributed by atoms with E-state index in [4.69, 9.17) is 9.84 Å². The molecule has 2 heterocycles. The molecule has 108 valence electrons. The lowest BCUT2D eigenvalue weighted by Gasteiger charge is -2.16. The van der Waals surface area contributed by atoms with Gasteiger partial charge in [-0.2, -0.15) is 0 Å². The predicted molar refractivity (Wildman–Crippen MR) is 80.6 cm³/mol. The topological polar surface area (TPSA) is 65.6 Å². The number of carbonyl (C=O) groups is 1. The minimum absolute atomic E-state index is 0.160. The number of nitrogens with one attached hydrogen (secondary N) is 1. The molecule has 1 aliphatic heterocycles. The Morgan fingerprint density at radius 1 is 1.43 bits per heavy atom. The van der Waals surface area contributed by atoms with Crippen LogP contribution in [0.25, 0.3) is 10.9 Å². The molecule has 2 aromatic rings. The van der Waals surface area contributed by atoms with Crippen LogP contribution in [-0.4, -0.2) is 41.1 Å². The van der Waals surface area contributed by atoms with Crippen molar-refractivity contribution < 1.29 is 14.6 Å². The smallest absolute Gasteiger partial charge is 0.352 e. The molecular weight excluding hydrogens is 268 g/mol. The van der Waals surface area contributed by atoms with Crippen molar-refractivity contribution in [1.82, 2.24) is 9.88 Å². The lowest BCUT2D eigenvalue weighted by Crippen LogP contribution is -2.21. The van der Waals surface area contributed by atoms with Crippen LogP contribution in [0.15, 0.2) is 48.3 Å². The molecule has 0 bridgehead atoms. The Labute approximate surface area is 122 Å². The number of aromatic nitrogens is 1. The lowest BCUT2D eigenvalue weighted by atomic mass is 10.2. The van der Waals surface area contributed by atoms with E-state index in [0.717, 1.165) is 23.2 Å². The molecule has 0 saturated heterocycles. The Balaban J connectivity index is 1.95. The van der Waals surface area contributed by atoms with Crippen LogP contribution in [0.1, 0.15) is 10.5 Å². The van der Waals surface area contributed by atoms with E-state index >= 15 is 0 Å². The highest BCUT2D eigenvalue weighted by Crippen LogP contribution is 2.28. The van der Waals surface area contributed by atoms with Crippen molar-refractivity contribution in [2.45, 2.75) is 0 Å². The number of rotatable bonds is 3. The van der Waals surface area contributed by atoms with E-state index in [0.29, 0.717) is 12.3 Å². The number of fused-ring (bicyclic) bond motifs is 1. The van der Waals surface area contributed by atoms with Gasteiger partial charge in [-0.15, -0.1) is 0 Å². The fraction of sp³-hybridized carbons (Fsp3) is 0.188. The van der Waals surface area contributed by atoms with Gasteiger partial charge >= 0.3 is 5.97 Å². The largest absolute Gasteiger partial charge is 0.477 e. The summed E-state index contributed by atoms with van der Waals surface area (Å²) in [4.78, 5) is 16.1. The van der Waals surface area contributed by atoms with Gasteiger partial charge in [-0.25, -0.2) is 4.79 Å². The Morgan fingerprint density at radius 2 is 2.29 bits per heavy atom. The molecular formula is C16H16N2O3. The minimum Gasteiger partial charge on any atom is -0.477 e. The van der Waals surface area contributed by atoms with Gasteiger partial charge < -0.3 is 14.8 Å². The third-order valence-corrected chi connectivity index (χ3v) is 3.36. The van der Waals surface area contributed by atoms with Crippen molar-refractivity contribution >= 4 is 16.9 Å². The number of aromatic amines is 1. The average Bonchev–Trinajstić information content (AvgIpc) is 2.79. The lowest BCUT2D eigenvalue weighted by molar-refractivity contribution is 0.0691. The zero-order valence-corrected chi connectivity index (χ0v) is 11.7. The van der Waals surface area contributed by atoms with Gasteiger partial charge in [0.05, 0.1) is 6.54 Å². The van der Waals surface area contributed by atoms with Gasteiger partial charge in [0.15, 0.2) is 0 Å². The van der Waals surface area contributed by atoms with E-state index in [2.05, 4.69) is 16.0 Å². The first-order valence-electron chi connectivity index (χ1n) is 6.70. The quantitative estimate of drug-likeness (QED) is 0.909. The summed E-state index contributed by atoms with van der Waals surface area (Å²) in [6.45, 7) is 1.58. The number of carboxylic acids is 1. The number of aromatic carboxylic acids is 1. The first-order chi connectivity index (χ1) is 10.1. The monoisotopic (exact) mass is 284 g/mol. The number of H-pyrrole nitrogens is 1. The van der Waals surface area contributed by atoms with Crippen molar-refractivity contribution in [3.63, 3.8) is 0 Å². The highest BCUT2D eigenvalue weighted by atomic mass is 16.5. The predicted octanol–water partition coefficient (Wildman–Crippen LogP) is 2.63. The first-order valence-corrected chi connectivity index (χ1v) is 6.70. The summed E-state index contributed by atoms with van der Waals surface area (Å²) in [5.74, 6) is 0.511. The van der Waals surface area contributed by atoms with Crippen LogP contribution < -0.4 is 4.74 Å². The summed E-state index contributed by atoms with van der Waals surface area (Å²) in [5, 5.41) is 9.84. The standard InChI is InChI=1S/C16H16N2O3/c1-18-8-3-2-5-11(10-18)21-15-7-4-6-13-12(15)9-14(17-13)16(19)20/h2-7,9,17H,8,10H2,1H3,(H,19,20). The van der Waals surface area contributed by atoms with E-state index in [1.54, 1.807) is 6.07 Å². The second-order valence-corrected chi connectivity index (χ2v) is 5.07. The van der Waals surface area contributed by atoms with Crippen LogP contribution in [0, 0.1) is 0 Å². The molecule has 0 atom stereocenters. The average molecular weight is 284 g/mol. The number of hydrogen-bond donors (Lipinski definition) is 2. The van der Waals surface area contributed by atoms with Gasteiger partial charge in [0, 0.05) is 17.4 Å². The summed E-state index contributed by atoms with van der Waals surface area (Å²) in [7, 11) is 2.02. The van der Waals surface area contributed by atoms with Crippen molar-refractivity contribution in [1.29, 1.82) is 0 Å². The molecule has 21 heavy (non-hydrogen) atoms. The molecule has 2 N–H and O–H groups in total. The maximum absolute atomic E-state index is 11.1. The van der Waals surface area contributed by atoms with E-state index in [1.165, 1.54) is 0 Å². The number of benzene rings is 1. The fourth-order valence-electron chi connectivity index (χ4n) is 2.34. The zero-order valence-electron chi connectivity index (χ0n) is 11.7. The maximum Gasteiger partial charge on any atom is 0.352 e. The molecule has 1 aromatic carbocycles. The summed E-state index contributed by atoms with van der Waals surface area (Å²) in [6, 6.07) is 7.12. The van der Waals surface area contributed by atoms with Crippen LogP contribution in [0.2, 0.25) is 0 Å². The zero-order chi connectivity index (χ0) is 14.8. The summed E-state index contributed by atoms with van der Waals surface area (Å²) in [5.41, 5.74) is 0.913. The van der Waals surface area contributed by atoms with Crippen molar-refractivity contribution in [2.75, 3.05) is 20.1 Å². The van der Waals surface area contributed by atoms with Gasteiger partial charge in [0.25, 0.3) is 0 Å². The third-order valence-electron chi connectivity index (χ3n) is 3.36. The molecule has 0 radical (unpaired) electrons. The second kappa shape index (κ2) is 5.46. The molecule has 5 heteroatoms. The number of likely N-dealkylation sites (N-methyl/N-ethyl adjacent to an activating group) is 1. The normalized spacial score (nSPS) is 15.8. The van der Waals surface area contributed by atoms with Gasteiger partial charge in [-0.1, -0.05) is 18.2 Å². The Morgan fingerprint density at radius 3 is 3.10 bits per heavy atom. The summed E-state index contributed by atoms with van der Waals surface area (Å²) >= 11 is 0. The fourth-order valence-corrected chi connectivity index (χ4v) is 2.34. The van der Waals surface area contributed by atoms with Gasteiger partial charge in [0.1, 0.15) is 17.2 Å². The van der Waals surface area contributed by atoms with Crippen LogP contribution >= 0.6 is 0 Å². The molecule has 0 amide bonds. The van der Waals surface area contributed by atoms with E-state index in [1.807, 2.05) is 37.4 Å². The highest BCUT2D eigenvalue weighted by Gasteiger charge is 2.13. The molecule has 0 unspecified atom stereocenters. The van der Waals surface area contributed by atoms with E-state index < -0.39 is 5.97 Å². The van der Waals surface area contributed by atoms with Gasteiger partial charge in [-0.05, 0) is 31.3 Å². The Hall–Kier alpha value is -2.53. The summed E-state index contributed by atoms with van der Waals surface area (Å²) < 4.78 is 5.97. The number of ether oxygens (including phenoxy) is 1. The second-order valence-electron chi connectivity index (χ2n) is 5.07. The number of nitrogens with zero attached hydrogens (tertiary/aromatic N) is 1. The van der Waals surface area contributed by atoms with Crippen LogP contribution in [-0.2, 0) is 0 Å². The van der Waals surface area contributed by atoms with Crippen molar-refractivity contribution in [2.24, 2.45) is 0 Å². The molecule has 3 rings (SSSR count). The van der Waals surface area contributed by atoms with Crippen LogP contribution in [0.3, 0.4) is 0 Å². The Kier molecular flexibility index (Phi) is 3.50. The number of carboxylic acid groups (broad SMARTS) is 1. The van der Waals surface area contributed by atoms with Gasteiger partial charge in [-0.3, -0.25) is 4.90 Å². The highest BCUT2D eigenvalue weighted by molar-refractivity contribution is 5.96. The first kappa shape index (κ1) is 13.5. The molecule has 1 aromatic heterocycles. The van der Waals surface area contributed by atoms with Crippen molar-refractivity contribution in [3.8, 4) is 5.75 Å². The number of allylic oxidation sites excluding steroid dienone is 2. The SMILES string of the molecule is CN1CC=CC=C(Oc2cccc3[nH]c(C(=O)O)cc23)C1. The molecule has 5 nitrogen and oxygen atoms in total. The molecule has 0 saturated carbocycles. The van der Waals surface area contributed by atoms with Gasteiger partial charge in [0.2, 0.25) is 0 Å². The van der Waals surface area contributed by atoms with E-state index in [9.17, 15) is 4.79 Å². The Bertz CT molecular complexity index is 743. The van der Waals surface area contributed by atoms with Crippen LogP contribution in [0.5, 0.6) is 5.75 Å². The molecule has 0 spiro atoms. The molecule has 0 fully saturated rings.